The molecule has 3 aromatic rings. The molecule has 0 radical (unpaired) electrons. The van der Waals surface area contributed by atoms with E-state index in [9.17, 15) is 4.79 Å². The maximum Gasteiger partial charge on any atom is 0.315 e. The van der Waals surface area contributed by atoms with Crippen molar-refractivity contribution in [2.75, 3.05) is 17.7 Å². The van der Waals surface area contributed by atoms with E-state index in [-0.39, 0.29) is 5.97 Å². The van der Waals surface area contributed by atoms with Gasteiger partial charge in [0.15, 0.2) is 0 Å². The molecular formula is C22H23Cl2N3O2S2. The molecule has 9 heteroatoms. The standard InChI is InChI=1S/C22H23Cl2N3O2S2/c1-2-29-19(28)12-30-11-18-26-21(25-10-13-7-8-14(23)9-16(13)24)20-15-5-3-4-6-17(15)31-22(20)27-18/h7-9H,2-6,10-12H2,1H3,(H,25,26,27). The molecule has 0 amide bonds. The van der Waals surface area contributed by atoms with Crippen LogP contribution in [0.2, 0.25) is 10.0 Å². The summed E-state index contributed by atoms with van der Waals surface area (Å²) in [5.41, 5.74) is 2.34. The van der Waals surface area contributed by atoms with Crippen LogP contribution < -0.4 is 5.32 Å². The SMILES string of the molecule is CCOC(=O)CSCc1nc(NCc2ccc(Cl)cc2Cl)c2c3c(sc2n1)CCCC3. The Balaban J connectivity index is 1.60. The Morgan fingerprint density at radius 2 is 2.10 bits per heavy atom. The van der Waals surface area contributed by atoms with Crippen LogP contribution in [-0.2, 0) is 34.7 Å². The first-order valence-corrected chi connectivity index (χ1v) is 13.0. The van der Waals surface area contributed by atoms with Crippen LogP contribution in [0.25, 0.3) is 10.2 Å². The molecule has 0 bridgehead atoms. The Labute approximate surface area is 199 Å². The van der Waals surface area contributed by atoms with Gasteiger partial charge in [-0.25, -0.2) is 9.97 Å². The predicted molar refractivity (Wildman–Crippen MR) is 131 cm³/mol. The lowest BCUT2D eigenvalue weighted by Crippen LogP contribution is -2.08. The van der Waals surface area contributed by atoms with Gasteiger partial charge in [0, 0.05) is 21.5 Å². The first-order chi connectivity index (χ1) is 15.0. The summed E-state index contributed by atoms with van der Waals surface area (Å²) in [5, 5.41) is 5.86. The molecule has 0 atom stereocenters. The minimum Gasteiger partial charge on any atom is -0.465 e. The predicted octanol–water partition coefficient (Wildman–Crippen LogP) is 6.29. The lowest BCUT2D eigenvalue weighted by Gasteiger charge is -2.14. The molecule has 0 spiro atoms. The highest BCUT2D eigenvalue weighted by Gasteiger charge is 2.21. The Morgan fingerprint density at radius 3 is 2.90 bits per heavy atom. The lowest BCUT2D eigenvalue weighted by molar-refractivity contribution is -0.139. The van der Waals surface area contributed by atoms with Crippen LogP contribution >= 0.6 is 46.3 Å². The Hall–Kier alpha value is -1.54. The number of hydrogen-bond donors (Lipinski definition) is 1. The summed E-state index contributed by atoms with van der Waals surface area (Å²) in [6.45, 7) is 2.75. The number of carbonyl (C=O) groups excluding carboxylic acids is 1. The summed E-state index contributed by atoms with van der Waals surface area (Å²) >= 11 is 15.6. The number of thiophene rings is 1. The Bertz CT molecular complexity index is 1100. The van der Waals surface area contributed by atoms with Gasteiger partial charge in [0.05, 0.1) is 23.5 Å². The highest BCUT2D eigenvalue weighted by molar-refractivity contribution is 7.99. The number of nitrogens with one attached hydrogen (secondary N) is 1. The zero-order valence-corrected chi connectivity index (χ0v) is 20.3. The molecule has 2 aromatic heterocycles. The number of carbonyl (C=O) groups is 1. The molecule has 0 aliphatic heterocycles. The second-order valence-electron chi connectivity index (χ2n) is 7.27. The molecule has 1 aromatic carbocycles. The summed E-state index contributed by atoms with van der Waals surface area (Å²) in [4.78, 5) is 23.7. The van der Waals surface area contributed by atoms with Gasteiger partial charge in [0.25, 0.3) is 0 Å². The average molecular weight is 496 g/mol. The fourth-order valence-corrected chi connectivity index (χ4v) is 6.09. The number of hydrogen-bond acceptors (Lipinski definition) is 7. The molecule has 0 saturated carbocycles. The molecule has 1 aliphatic rings. The number of aryl methyl sites for hydroxylation is 2. The molecule has 2 heterocycles. The third kappa shape index (κ3) is 5.45. The Kier molecular flexibility index (Phi) is 7.59. The van der Waals surface area contributed by atoms with Crippen molar-refractivity contribution in [1.29, 1.82) is 0 Å². The second kappa shape index (κ2) is 10.4. The van der Waals surface area contributed by atoms with Crippen molar-refractivity contribution in [2.45, 2.75) is 44.9 Å². The van der Waals surface area contributed by atoms with Crippen LogP contribution in [-0.4, -0.2) is 28.3 Å². The number of benzene rings is 1. The van der Waals surface area contributed by atoms with Gasteiger partial charge in [-0.3, -0.25) is 4.79 Å². The van der Waals surface area contributed by atoms with Gasteiger partial charge in [-0.15, -0.1) is 23.1 Å². The van der Waals surface area contributed by atoms with Gasteiger partial charge >= 0.3 is 5.97 Å². The van der Waals surface area contributed by atoms with Crippen LogP contribution in [0.15, 0.2) is 18.2 Å². The molecule has 164 valence electrons. The van der Waals surface area contributed by atoms with Crippen LogP contribution in [0.1, 0.15) is 41.6 Å². The largest absolute Gasteiger partial charge is 0.465 e. The molecule has 5 nitrogen and oxygen atoms in total. The minimum absolute atomic E-state index is 0.212. The van der Waals surface area contributed by atoms with E-state index in [0.29, 0.717) is 40.5 Å². The topological polar surface area (TPSA) is 64.1 Å². The van der Waals surface area contributed by atoms with Gasteiger partial charge in [0.2, 0.25) is 0 Å². The number of ether oxygens (including phenoxy) is 1. The summed E-state index contributed by atoms with van der Waals surface area (Å²) < 4.78 is 5.00. The van der Waals surface area contributed by atoms with E-state index in [1.165, 1.54) is 35.0 Å². The number of fused-ring (bicyclic) bond motifs is 3. The van der Waals surface area contributed by atoms with Crippen LogP contribution in [0.5, 0.6) is 0 Å². The number of esters is 1. The molecule has 1 aliphatic carbocycles. The van der Waals surface area contributed by atoms with Crippen molar-refractivity contribution in [3.8, 4) is 0 Å². The zero-order valence-electron chi connectivity index (χ0n) is 17.2. The van der Waals surface area contributed by atoms with Crippen molar-refractivity contribution >= 4 is 68.3 Å². The third-order valence-corrected chi connectivity index (χ3v) is 7.75. The Morgan fingerprint density at radius 1 is 1.26 bits per heavy atom. The highest BCUT2D eigenvalue weighted by atomic mass is 35.5. The van der Waals surface area contributed by atoms with Gasteiger partial charge in [0.1, 0.15) is 16.5 Å². The fourth-order valence-electron chi connectivity index (χ4n) is 3.67. The monoisotopic (exact) mass is 495 g/mol. The molecule has 1 N–H and O–H groups in total. The third-order valence-electron chi connectivity index (χ3n) is 5.08. The molecule has 0 fully saturated rings. The van der Waals surface area contributed by atoms with Crippen LogP contribution in [0, 0.1) is 0 Å². The number of aromatic nitrogens is 2. The normalized spacial score (nSPS) is 13.3. The van der Waals surface area contributed by atoms with E-state index >= 15 is 0 Å². The average Bonchev–Trinajstić information content (AvgIpc) is 3.12. The van der Waals surface area contributed by atoms with Gasteiger partial charge in [-0.05, 0) is 55.9 Å². The zero-order chi connectivity index (χ0) is 21.8. The smallest absolute Gasteiger partial charge is 0.315 e. The van der Waals surface area contributed by atoms with E-state index in [0.717, 1.165) is 34.4 Å². The number of halogens is 2. The fraction of sp³-hybridized carbons (Fsp3) is 0.409. The number of thioether (sulfide) groups is 1. The maximum atomic E-state index is 11.6. The molecule has 0 saturated heterocycles. The molecule has 31 heavy (non-hydrogen) atoms. The van der Waals surface area contributed by atoms with E-state index in [1.54, 1.807) is 17.4 Å². The summed E-state index contributed by atoms with van der Waals surface area (Å²) in [5.74, 6) is 2.18. The first kappa shape index (κ1) is 22.6. The quantitative estimate of drug-likeness (QED) is 0.370. The van der Waals surface area contributed by atoms with Crippen LogP contribution in [0.4, 0.5) is 5.82 Å². The minimum atomic E-state index is -0.212. The maximum absolute atomic E-state index is 11.6. The second-order valence-corrected chi connectivity index (χ2v) is 10.2. The van der Waals surface area contributed by atoms with Gasteiger partial charge < -0.3 is 10.1 Å². The number of anilines is 1. The van der Waals surface area contributed by atoms with Gasteiger partial charge in [-0.2, -0.15) is 0 Å². The van der Waals surface area contributed by atoms with Gasteiger partial charge in [-0.1, -0.05) is 29.3 Å². The highest BCUT2D eigenvalue weighted by Crippen LogP contribution is 2.39. The first-order valence-electron chi connectivity index (χ1n) is 10.3. The van der Waals surface area contributed by atoms with Crippen molar-refractivity contribution in [3.05, 3.63) is 50.1 Å². The van der Waals surface area contributed by atoms with Crippen molar-refractivity contribution in [2.24, 2.45) is 0 Å². The van der Waals surface area contributed by atoms with E-state index in [2.05, 4.69) is 5.32 Å². The molecule has 4 rings (SSSR count). The van der Waals surface area contributed by atoms with Crippen LogP contribution in [0.3, 0.4) is 0 Å². The lowest BCUT2D eigenvalue weighted by atomic mass is 9.97. The van der Waals surface area contributed by atoms with Crippen molar-refractivity contribution < 1.29 is 9.53 Å². The molecular weight excluding hydrogens is 473 g/mol. The van der Waals surface area contributed by atoms with E-state index < -0.39 is 0 Å². The van der Waals surface area contributed by atoms with E-state index in [1.807, 2.05) is 19.1 Å². The summed E-state index contributed by atoms with van der Waals surface area (Å²) in [7, 11) is 0. The van der Waals surface area contributed by atoms with E-state index in [4.69, 9.17) is 37.9 Å². The number of nitrogens with zero attached hydrogens (tertiary/aromatic N) is 2. The van der Waals surface area contributed by atoms with Crippen molar-refractivity contribution in [3.63, 3.8) is 0 Å². The summed E-state index contributed by atoms with van der Waals surface area (Å²) in [6, 6.07) is 5.51. The van der Waals surface area contributed by atoms with Crippen molar-refractivity contribution in [1.82, 2.24) is 9.97 Å². The molecule has 0 unspecified atom stereocenters. The number of rotatable bonds is 8. The summed E-state index contributed by atoms with van der Waals surface area (Å²) in [6.07, 6.45) is 4.58.